The van der Waals surface area contributed by atoms with Crippen molar-refractivity contribution in [3.05, 3.63) is 23.4 Å². The summed E-state index contributed by atoms with van der Waals surface area (Å²) in [7, 11) is 0. The molecule has 2 saturated carbocycles. The third kappa shape index (κ3) is 8.28. The molecule has 1 aromatic heterocycles. The van der Waals surface area contributed by atoms with Gasteiger partial charge in [0.2, 0.25) is 0 Å². The first-order valence-electron chi connectivity index (χ1n) is 12.2. The van der Waals surface area contributed by atoms with E-state index in [0.29, 0.717) is 36.2 Å². The van der Waals surface area contributed by atoms with Gasteiger partial charge in [-0.15, -0.1) is 0 Å². The number of ether oxygens (including phenoxy) is 1. The highest BCUT2D eigenvalue weighted by molar-refractivity contribution is 5.92. The van der Waals surface area contributed by atoms with Crippen LogP contribution in [-0.2, 0) is 11.2 Å². The molecule has 0 saturated heterocycles. The van der Waals surface area contributed by atoms with Crippen molar-refractivity contribution in [1.29, 1.82) is 0 Å². The molecule has 1 aliphatic heterocycles. The largest absolute Gasteiger partial charge is 0.465 e. The van der Waals surface area contributed by atoms with E-state index in [1.165, 1.54) is 76.3 Å². The number of esters is 1. The van der Waals surface area contributed by atoms with Crippen molar-refractivity contribution < 1.29 is 19.4 Å². The van der Waals surface area contributed by atoms with Crippen LogP contribution in [0, 0.1) is 0 Å². The van der Waals surface area contributed by atoms with Crippen LogP contribution in [0.15, 0.2) is 22.1 Å². The summed E-state index contributed by atoms with van der Waals surface area (Å²) < 4.78 is 5.33. The molecule has 0 atom stereocenters. The highest BCUT2D eigenvalue weighted by Gasteiger charge is 2.30. The van der Waals surface area contributed by atoms with E-state index in [0.717, 1.165) is 0 Å². The van der Waals surface area contributed by atoms with Gasteiger partial charge in [0.25, 0.3) is 0 Å². The minimum atomic E-state index is -1.18. The lowest BCUT2D eigenvalue weighted by Crippen LogP contribution is -2.26. The summed E-state index contributed by atoms with van der Waals surface area (Å²) >= 11 is 0. The molecule has 8 nitrogen and oxygen atoms in total. The fourth-order valence-corrected chi connectivity index (χ4v) is 4.45. The van der Waals surface area contributed by atoms with Gasteiger partial charge in [0.05, 0.1) is 29.3 Å². The van der Waals surface area contributed by atoms with E-state index in [9.17, 15) is 9.59 Å². The van der Waals surface area contributed by atoms with Gasteiger partial charge >= 0.3 is 12.1 Å². The van der Waals surface area contributed by atoms with E-state index < -0.39 is 17.7 Å². The van der Waals surface area contributed by atoms with Crippen LogP contribution in [0.2, 0.25) is 0 Å². The number of aromatic nitrogens is 1. The maximum Gasteiger partial charge on any atom is 0.410 e. The smallest absolute Gasteiger partial charge is 0.410 e. The summed E-state index contributed by atoms with van der Waals surface area (Å²) in [6.45, 7) is 3.68. The number of nitrogens with zero attached hydrogens (tertiary/aromatic N) is 3. The number of carbonyl (C=O) groups is 2. The lowest BCUT2D eigenvalue weighted by atomic mass is 9.96. The van der Waals surface area contributed by atoms with Crippen LogP contribution < -0.4 is 5.32 Å². The molecule has 180 valence electrons. The molecule has 2 N–H and O–H groups in total. The van der Waals surface area contributed by atoms with Gasteiger partial charge in [0, 0.05) is 0 Å². The van der Waals surface area contributed by atoms with E-state index in [1.807, 2.05) is 13.8 Å². The second-order valence-corrected chi connectivity index (χ2v) is 9.71. The van der Waals surface area contributed by atoms with Gasteiger partial charge in [-0.1, -0.05) is 38.5 Å². The second kappa shape index (κ2) is 11.9. The summed E-state index contributed by atoms with van der Waals surface area (Å²) in [5, 5.41) is 10.8. The minimum Gasteiger partial charge on any atom is -0.465 e. The maximum absolute atomic E-state index is 11.9. The minimum absolute atomic E-state index is 0.216. The van der Waals surface area contributed by atoms with Crippen LogP contribution in [0.4, 0.5) is 10.6 Å². The molecule has 0 radical (unpaired) electrons. The number of aliphatic imine (C=N–C) groups is 2. The third-order valence-corrected chi connectivity index (χ3v) is 6.39. The SMILES string of the molecule is C(=NC1CCCCC1)=NC1CCCCC1.CC1(C)CCc2nc(NC(=O)O)ccc2C(=O)O1. The average Bonchev–Trinajstić information content (AvgIpc) is 2.90. The Labute approximate surface area is 196 Å². The second-order valence-electron chi connectivity index (χ2n) is 9.71. The zero-order valence-electron chi connectivity index (χ0n) is 19.8. The molecule has 8 heteroatoms. The Kier molecular flexibility index (Phi) is 9.01. The third-order valence-electron chi connectivity index (χ3n) is 6.39. The molecule has 3 aliphatic rings. The van der Waals surface area contributed by atoms with Gasteiger partial charge in [-0.2, -0.15) is 0 Å². The number of cyclic esters (lactones) is 1. The van der Waals surface area contributed by atoms with Gasteiger partial charge in [-0.3, -0.25) is 5.32 Å². The van der Waals surface area contributed by atoms with Crippen molar-refractivity contribution in [3.8, 4) is 0 Å². The number of carboxylic acid groups (broad SMARTS) is 1. The zero-order chi connectivity index (χ0) is 23.7. The lowest BCUT2D eigenvalue weighted by Gasteiger charge is -2.21. The Bertz CT molecular complexity index is 858. The number of hydrogen-bond donors (Lipinski definition) is 2. The van der Waals surface area contributed by atoms with Crippen LogP contribution in [0.1, 0.15) is 101 Å². The maximum atomic E-state index is 11.9. The van der Waals surface area contributed by atoms with Crippen molar-refractivity contribution in [2.24, 2.45) is 9.98 Å². The van der Waals surface area contributed by atoms with E-state index in [2.05, 4.69) is 26.3 Å². The average molecular weight is 457 g/mol. The van der Waals surface area contributed by atoms with Crippen LogP contribution >= 0.6 is 0 Å². The zero-order valence-corrected chi connectivity index (χ0v) is 19.8. The molecule has 2 fully saturated rings. The van der Waals surface area contributed by atoms with Crippen molar-refractivity contribution in [1.82, 2.24) is 4.98 Å². The number of fused-ring (bicyclic) bond motifs is 1. The summed E-state index contributed by atoms with van der Waals surface area (Å²) in [6.07, 6.45) is 13.2. The molecular weight excluding hydrogens is 420 g/mol. The number of nitrogens with one attached hydrogen (secondary N) is 1. The quantitative estimate of drug-likeness (QED) is 0.435. The molecule has 33 heavy (non-hydrogen) atoms. The summed E-state index contributed by atoms with van der Waals surface area (Å²) in [4.78, 5) is 35.4. The Morgan fingerprint density at radius 2 is 1.64 bits per heavy atom. The molecule has 0 bridgehead atoms. The fourth-order valence-electron chi connectivity index (χ4n) is 4.45. The first-order valence-corrected chi connectivity index (χ1v) is 12.2. The Balaban J connectivity index is 0.000000189. The normalized spacial score (nSPS) is 20.6. The topological polar surface area (TPSA) is 113 Å². The van der Waals surface area contributed by atoms with Crippen LogP contribution in [-0.4, -0.2) is 45.8 Å². The molecule has 0 spiro atoms. The highest BCUT2D eigenvalue weighted by Crippen LogP contribution is 2.26. The Morgan fingerprint density at radius 1 is 1.06 bits per heavy atom. The van der Waals surface area contributed by atoms with Crippen molar-refractivity contribution in [2.75, 3.05) is 5.32 Å². The monoisotopic (exact) mass is 456 g/mol. The summed E-state index contributed by atoms with van der Waals surface area (Å²) in [6, 6.07) is 7.03. The number of anilines is 1. The predicted octanol–water partition coefficient (Wildman–Crippen LogP) is 5.88. The van der Waals surface area contributed by atoms with Gasteiger partial charge in [-0.25, -0.2) is 24.6 Å². The van der Waals surface area contributed by atoms with Gasteiger partial charge in [0.15, 0.2) is 0 Å². The van der Waals surface area contributed by atoms with Crippen molar-refractivity contribution >= 4 is 23.9 Å². The van der Waals surface area contributed by atoms with Gasteiger partial charge in [0.1, 0.15) is 11.4 Å². The predicted molar refractivity (Wildman–Crippen MR) is 127 cm³/mol. The van der Waals surface area contributed by atoms with Gasteiger partial charge < -0.3 is 9.84 Å². The lowest BCUT2D eigenvalue weighted by molar-refractivity contribution is -0.00162. The number of amides is 1. The van der Waals surface area contributed by atoms with E-state index in [-0.39, 0.29) is 5.82 Å². The van der Waals surface area contributed by atoms with Crippen molar-refractivity contribution in [2.45, 2.75) is 109 Å². The molecule has 2 aliphatic carbocycles. The number of rotatable bonds is 3. The number of hydrogen-bond acceptors (Lipinski definition) is 6. The van der Waals surface area contributed by atoms with Gasteiger partial charge in [-0.05, 0) is 64.5 Å². The molecule has 1 aromatic rings. The number of aryl methyl sites for hydroxylation is 1. The molecule has 0 unspecified atom stereocenters. The highest BCUT2D eigenvalue weighted by atomic mass is 16.6. The fraction of sp³-hybridized carbons (Fsp3) is 0.680. The van der Waals surface area contributed by atoms with E-state index in [1.54, 1.807) is 0 Å². The van der Waals surface area contributed by atoms with Crippen LogP contribution in [0.5, 0.6) is 0 Å². The molecule has 1 amide bonds. The standard InChI is InChI=1S/C13H22N2.C12H14N2O4/c1-3-7-12(8-4-1)14-11-15-13-9-5-2-6-10-13;1-12(2)6-5-8-7(10(15)18-12)3-4-9(13-8)14-11(16)17/h12-13H,1-10H2;3-4H,5-6H2,1-2H3,(H,13,14)(H,16,17). The van der Waals surface area contributed by atoms with Crippen LogP contribution in [0.3, 0.4) is 0 Å². The number of carbonyl (C=O) groups excluding carboxylic acids is 1. The molecule has 2 heterocycles. The molecule has 0 aromatic carbocycles. The summed E-state index contributed by atoms with van der Waals surface area (Å²) in [5.74, 6) is -0.198. The molecule has 4 rings (SSSR count). The van der Waals surface area contributed by atoms with E-state index >= 15 is 0 Å². The first-order chi connectivity index (χ1) is 15.8. The van der Waals surface area contributed by atoms with E-state index in [4.69, 9.17) is 9.84 Å². The van der Waals surface area contributed by atoms with Crippen LogP contribution in [0.25, 0.3) is 0 Å². The Morgan fingerprint density at radius 3 is 2.18 bits per heavy atom. The summed E-state index contributed by atoms with van der Waals surface area (Å²) in [5.41, 5.74) is 0.436. The van der Waals surface area contributed by atoms with Crippen molar-refractivity contribution in [3.63, 3.8) is 0 Å². The number of pyridine rings is 1. The molecular formula is C25H36N4O4. The Hall–Kier alpha value is -2.73. The first kappa shape index (κ1) is 24.9.